The maximum Gasteiger partial charge on any atom is 0.234 e. The zero-order chi connectivity index (χ0) is 14.4. The zero-order valence-electron chi connectivity index (χ0n) is 11.2. The largest absolute Gasteiger partial charge is 0.495 e. The second-order valence-corrected chi connectivity index (χ2v) is 4.76. The third-order valence-electron chi connectivity index (χ3n) is 2.51. The predicted molar refractivity (Wildman–Crippen MR) is 75.8 cm³/mol. The molecule has 0 radical (unpaired) electrons. The van der Waals surface area contributed by atoms with Gasteiger partial charge in [0.05, 0.1) is 18.6 Å². The summed E-state index contributed by atoms with van der Waals surface area (Å²) in [5, 5.41) is 14.7. The number of benzene rings is 1. The highest BCUT2D eigenvalue weighted by Crippen LogP contribution is 2.23. The molecule has 1 aromatic heterocycles. The van der Waals surface area contributed by atoms with Gasteiger partial charge in [-0.15, -0.1) is 5.10 Å². The fraction of sp³-hybridized carbons (Fsp3) is 0.333. The summed E-state index contributed by atoms with van der Waals surface area (Å²) in [7, 11) is 1.56. The van der Waals surface area contributed by atoms with Crippen LogP contribution in [0.15, 0.2) is 29.4 Å². The smallest absolute Gasteiger partial charge is 0.234 e. The van der Waals surface area contributed by atoms with Gasteiger partial charge in [0.1, 0.15) is 5.75 Å². The Morgan fingerprint density at radius 3 is 3.00 bits per heavy atom. The lowest BCUT2D eigenvalue weighted by molar-refractivity contribution is -0.113. The molecule has 2 rings (SSSR count). The number of carbonyl (C=O) groups is 1. The second-order valence-electron chi connectivity index (χ2n) is 3.81. The Morgan fingerprint density at radius 2 is 2.25 bits per heavy atom. The number of nitrogens with one attached hydrogen (secondary N) is 1. The number of thioether (sulfide) groups is 1. The van der Waals surface area contributed by atoms with E-state index in [1.807, 2.05) is 19.1 Å². The van der Waals surface area contributed by atoms with E-state index in [1.165, 1.54) is 11.8 Å². The maximum atomic E-state index is 11.9. The average Bonchev–Trinajstić information content (AvgIpc) is 2.93. The van der Waals surface area contributed by atoms with Gasteiger partial charge in [-0.25, -0.2) is 4.68 Å². The number of methoxy groups -OCH3 is 1. The Balaban J connectivity index is 1.93. The molecular formula is C12H15N5O2S. The summed E-state index contributed by atoms with van der Waals surface area (Å²) in [5.74, 6) is 0.729. The Kier molecular flexibility index (Phi) is 4.94. The molecule has 7 nitrogen and oxygen atoms in total. The van der Waals surface area contributed by atoms with Crippen LogP contribution in [-0.4, -0.2) is 39.0 Å². The molecule has 0 aliphatic carbocycles. The van der Waals surface area contributed by atoms with Crippen molar-refractivity contribution in [2.45, 2.75) is 18.6 Å². The van der Waals surface area contributed by atoms with Gasteiger partial charge in [-0.05, 0) is 29.5 Å². The van der Waals surface area contributed by atoms with Crippen LogP contribution in [0.2, 0.25) is 0 Å². The summed E-state index contributed by atoms with van der Waals surface area (Å²) in [5.41, 5.74) is 0.649. The fourth-order valence-electron chi connectivity index (χ4n) is 1.56. The average molecular weight is 293 g/mol. The van der Waals surface area contributed by atoms with Crippen LogP contribution in [0.4, 0.5) is 5.69 Å². The molecule has 0 saturated carbocycles. The van der Waals surface area contributed by atoms with Gasteiger partial charge in [0.2, 0.25) is 11.1 Å². The van der Waals surface area contributed by atoms with Crippen molar-refractivity contribution in [1.82, 2.24) is 20.2 Å². The predicted octanol–water partition coefficient (Wildman–Crippen LogP) is 1.43. The lowest BCUT2D eigenvalue weighted by atomic mass is 10.3. The first-order chi connectivity index (χ1) is 9.74. The number of para-hydroxylation sites is 2. The van der Waals surface area contributed by atoms with Crippen LogP contribution in [0.3, 0.4) is 0 Å². The van der Waals surface area contributed by atoms with Crippen LogP contribution in [0.5, 0.6) is 5.75 Å². The van der Waals surface area contributed by atoms with Gasteiger partial charge in [-0.2, -0.15) is 0 Å². The van der Waals surface area contributed by atoms with Crippen LogP contribution in [0.1, 0.15) is 6.92 Å². The highest BCUT2D eigenvalue weighted by Gasteiger charge is 2.10. The molecule has 1 heterocycles. The molecule has 0 aliphatic heterocycles. The van der Waals surface area contributed by atoms with E-state index in [0.29, 0.717) is 23.1 Å². The van der Waals surface area contributed by atoms with Gasteiger partial charge in [-0.1, -0.05) is 23.9 Å². The van der Waals surface area contributed by atoms with E-state index in [0.717, 1.165) is 0 Å². The molecule has 0 spiro atoms. The van der Waals surface area contributed by atoms with Crippen molar-refractivity contribution in [3.8, 4) is 5.75 Å². The van der Waals surface area contributed by atoms with Gasteiger partial charge in [0, 0.05) is 6.54 Å². The van der Waals surface area contributed by atoms with Crippen LogP contribution < -0.4 is 10.1 Å². The van der Waals surface area contributed by atoms with E-state index in [1.54, 1.807) is 23.9 Å². The molecule has 1 N–H and O–H groups in total. The zero-order valence-corrected chi connectivity index (χ0v) is 12.1. The van der Waals surface area contributed by atoms with Gasteiger partial charge in [-0.3, -0.25) is 4.79 Å². The minimum Gasteiger partial charge on any atom is -0.495 e. The number of aryl methyl sites for hydroxylation is 1. The summed E-state index contributed by atoms with van der Waals surface area (Å²) < 4.78 is 6.82. The van der Waals surface area contributed by atoms with Crippen LogP contribution in [0.25, 0.3) is 0 Å². The molecule has 20 heavy (non-hydrogen) atoms. The fourth-order valence-corrected chi connectivity index (χ4v) is 2.30. The molecule has 1 amide bonds. The third kappa shape index (κ3) is 3.47. The van der Waals surface area contributed by atoms with E-state index in [4.69, 9.17) is 4.74 Å². The molecule has 0 aliphatic rings. The van der Waals surface area contributed by atoms with Crippen LogP contribution in [0, 0.1) is 0 Å². The Bertz CT molecular complexity index is 587. The van der Waals surface area contributed by atoms with Crippen molar-refractivity contribution in [3.05, 3.63) is 24.3 Å². The normalized spacial score (nSPS) is 10.3. The number of rotatable bonds is 6. The number of aromatic nitrogens is 4. The van der Waals surface area contributed by atoms with Crippen molar-refractivity contribution >= 4 is 23.4 Å². The lowest BCUT2D eigenvalue weighted by Gasteiger charge is -2.09. The Morgan fingerprint density at radius 1 is 1.45 bits per heavy atom. The molecule has 0 atom stereocenters. The first kappa shape index (κ1) is 14.3. The third-order valence-corrected chi connectivity index (χ3v) is 3.47. The van der Waals surface area contributed by atoms with Crippen LogP contribution in [-0.2, 0) is 11.3 Å². The number of tetrazole rings is 1. The first-order valence-corrected chi connectivity index (χ1v) is 7.05. The summed E-state index contributed by atoms with van der Waals surface area (Å²) in [6.07, 6.45) is 0. The van der Waals surface area contributed by atoms with E-state index in [9.17, 15) is 4.79 Å². The molecule has 0 unspecified atom stereocenters. The van der Waals surface area contributed by atoms with Gasteiger partial charge >= 0.3 is 0 Å². The number of carbonyl (C=O) groups excluding carboxylic acids is 1. The van der Waals surface area contributed by atoms with Gasteiger partial charge in [0.15, 0.2) is 0 Å². The number of amides is 1. The molecule has 0 saturated heterocycles. The molecule has 2 aromatic rings. The molecule has 8 heteroatoms. The summed E-state index contributed by atoms with van der Waals surface area (Å²) in [6, 6.07) is 7.26. The molecule has 0 fully saturated rings. The van der Waals surface area contributed by atoms with Crippen molar-refractivity contribution in [1.29, 1.82) is 0 Å². The topological polar surface area (TPSA) is 81.9 Å². The van der Waals surface area contributed by atoms with Crippen LogP contribution >= 0.6 is 11.8 Å². The second kappa shape index (κ2) is 6.90. The monoisotopic (exact) mass is 293 g/mol. The quantitative estimate of drug-likeness (QED) is 0.811. The number of anilines is 1. The Labute approximate surface area is 120 Å². The number of hydrogen-bond donors (Lipinski definition) is 1. The molecular weight excluding hydrogens is 278 g/mol. The molecule has 106 valence electrons. The van der Waals surface area contributed by atoms with E-state index in [-0.39, 0.29) is 11.7 Å². The van der Waals surface area contributed by atoms with Crippen molar-refractivity contribution in [3.63, 3.8) is 0 Å². The van der Waals surface area contributed by atoms with Gasteiger partial charge in [0.25, 0.3) is 0 Å². The van der Waals surface area contributed by atoms with E-state index in [2.05, 4.69) is 20.8 Å². The number of hydrogen-bond acceptors (Lipinski definition) is 6. The van der Waals surface area contributed by atoms with Gasteiger partial charge < -0.3 is 10.1 Å². The number of nitrogens with zero attached hydrogens (tertiary/aromatic N) is 4. The minimum absolute atomic E-state index is 0.134. The SMILES string of the molecule is CCn1nnnc1SCC(=O)Nc1ccccc1OC. The van der Waals surface area contributed by atoms with Crippen molar-refractivity contribution in [2.75, 3.05) is 18.2 Å². The van der Waals surface area contributed by atoms with Crippen molar-refractivity contribution < 1.29 is 9.53 Å². The highest BCUT2D eigenvalue weighted by atomic mass is 32.2. The number of ether oxygens (including phenoxy) is 1. The lowest BCUT2D eigenvalue weighted by Crippen LogP contribution is -2.15. The first-order valence-electron chi connectivity index (χ1n) is 6.06. The van der Waals surface area contributed by atoms with Crippen molar-refractivity contribution in [2.24, 2.45) is 0 Å². The molecule has 1 aromatic carbocycles. The summed E-state index contributed by atoms with van der Waals surface area (Å²) in [4.78, 5) is 11.9. The van der Waals surface area contributed by atoms with E-state index < -0.39 is 0 Å². The highest BCUT2D eigenvalue weighted by molar-refractivity contribution is 7.99. The minimum atomic E-state index is -0.134. The summed E-state index contributed by atoms with van der Waals surface area (Å²) >= 11 is 1.29. The maximum absolute atomic E-state index is 11.9. The summed E-state index contributed by atoms with van der Waals surface area (Å²) in [6.45, 7) is 2.61. The Hall–Kier alpha value is -2.09. The van der Waals surface area contributed by atoms with E-state index >= 15 is 0 Å². The standard InChI is InChI=1S/C12H15N5O2S/c1-3-17-12(14-15-16-17)20-8-11(18)13-9-6-4-5-7-10(9)19-2/h4-7H,3,8H2,1-2H3,(H,13,18). The molecule has 0 bridgehead atoms.